The van der Waals surface area contributed by atoms with Crippen LogP contribution in [0.15, 0.2) is 30.3 Å². The topological polar surface area (TPSA) is 81.8 Å². The molecule has 0 saturated heterocycles. The quantitative estimate of drug-likeness (QED) is 0.727. The van der Waals surface area contributed by atoms with Crippen molar-refractivity contribution in [1.82, 2.24) is 20.0 Å². The maximum absolute atomic E-state index is 5.91. The first-order valence-corrected chi connectivity index (χ1v) is 7.01. The van der Waals surface area contributed by atoms with E-state index < -0.39 is 0 Å². The number of nitrogens with one attached hydrogen (secondary N) is 1. The van der Waals surface area contributed by atoms with Gasteiger partial charge in [0.2, 0.25) is 0 Å². The van der Waals surface area contributed by atoms with E-state index in [2.05, 4.69) is 39.6 Å². The van der Waals surface area contributed by atoms with Gasteiger partial charge in [-0.15, -0.1) is 0 Å². The van der Waals surface area contributed by atoms with Crippen LogP contribution in [0.4, 0.5) is 5.82 Å². The number of rotatable bonds is 6. The van der Waals surface area contributed by atoms with E-state index in [9.17, 15) is 0 Å². The first kappa shape index (κ1) is 13.6. The van der Waals surface area contributed by atoms with Crippen molar-refractivity contribution in [2.75, 3.05) is 12.8 Å². The molecule has 0 radical (unpaired) electrons. The summed E-state index contributed by atoms with van der Waals surface area (Å²) in [6.07, 6.45) is 2.02. The number of hydrogen-bond acceptors (Lipinski definition) is 4. The summed E-state index contributed by atoms with van der Waals surface area (Å²) in [7, 11) is 1.65. The number of hydrogen-bond donors (Lipinski definition) is 2. The van der Waals surface area contributed by atoms with E-state index in [4.69, 9.17) is 10.5 Å². The fourth-order valence-corrected chi connectivity index (χ4v) is 2.53. The van der Waals surface area contributed by atoms with E-state index in [-0.39, 0.29) is 0 Å². The number of aromatic amines is 1. The number of anilines is 1. The van der Waals surface area contributed by atoms with Gasteiger partial charge in [0.1, 0.15) is 11.5 Å². The second kappa shape index (κ2) is 5.97. The fourth-order valence-electron chi connectivity index (χ4n) is 2.53. The summed E-state index contributed by atoms with van der Waals surface area (Å²) in [6.45, 7) is 1.24. The molecule has 2 heterocycles. The van der Waals surface area contributed by atoms with Gasteiger partial charge in [-0.3, -0.25) is 5.10 Å². The zero-order valence-corrected chi connectivity index (χ0v) is 12.0. The van der Waals surface area contributed by atoms with Gasteiger partial charge < -0.3 is 10.5 Å². The van der Waals surface area contributed by atoms with E-state index in [1.165, 1.54) is 5.56 Å². The van der Waals surface area contributed by atoms with Gasteiger partial charge in [-0.25, -0.2) is 4.68 Å². The highest BCUT2D eigenvalue weighted by molar-refractivity contribution is 5.88. The number of fused-ring (bicyclic) bond motifs is 1. The van der Waals surface area contributed by atoms with Crippen molar-refractivity contribution in [1.29, 1.82) is 0 Å². The highest BCUT2D eigenvalue weighted by Crippen LogP contribution is 2.23. The van der Waals surface area contributed by atoms with Gasteiger partial charge in [0.05, 0.1) is 12.0 Å². The molecule has 0 aliphatic rings. The molecule has 0 spiro atoms. The van der Waals surface area contributed by atoms with Gasteiger partial charge >= 0.3 is 0 Å². The van der Waals surface area contributed by atoms with Crippen molar-refractivity contribution in [3.8, 4) is 0 Å². The molecule has 3 N–H and O–H groups in total. The zero-order chi connectivity index (χ0) is 14.7. The van der Waals surface area contributed by atoms with Crippen LogP contribution in [0, 0.1) is 0 Å². The van der Waals surface area contributed by atoms with E-state index in [1.807, 2.05) is 10.7 Å². The van der Waals surface area contributed by atoms with Gasteiger partial charge in [0.25, 0.3) is 0 Å². The minimum Gasteiger partial charge on any atom is -0.383 e. The summed E-state index contributed by atoms with van der Waals surface area (Å²) in [6, 6.07) is 10.4. The minimum atomic E-state index is 0.436. The lowest BCUT2D eigenvalue weighted by atomic mass is 10.1. The Balaban J connectivity index is 1.75. The molecule has 3 aromatic rings. The lowest BCUT2D eigenvalue weighted by Crippen LogP contribution is -2.03. The number of nitrogens with zero attached hydrogens (tertiary/aromatic N) is 3. The molecule has 3 rings (SSSR count). The highest BCUT2D eigenvalue weighted by Gasteiger charge is 2.16. The van der Waals surface area contributed by atoms with Crippen LogP contribution in [0.1, 0.15) is 17.7 Å². The standard InChI is InChI=1S/C15H19N5O/c1-21-10-12-13-14(16)17-18-15(13)20(19-12)9-5-8-11-6-3-2-4-7-11/h2-4,6-7H,5,8-10H2,1H3,(H3,16,17,18). The zero-order valence-electron chi connectivity index (χ0n) is 12.0. The van der Waals surface area contributed by atoms with Gasteiger partial charge in [0.15, 0.2) is 5.65 Å². The average molecular weight is 285 g/mol. The number of aryl methyl sites for hydroxylation is 2. The first-order valence-electron chi connectivity index (χ1n) is 7.01. The van der Waals surface area contributed by atoms with Gasteiger partial charge in [-0.1, -0.05) is 30.3 Å². The summed E-state index contributed by atoms with van der Waals surface area (Å²) in [5, 5.41) is 12.5. The van der Waals surface area contributed by atoms with E-state index in [1.54, 1.807) is 7.11 Å². The third kappa shape index (κ3) is 2.75. The minimum absolute atomic E-state index is 0.436. The molecule has 21 heavy (non-hydrogen) atoms. The third-order valence-electron chi connectivity index (χ3n) is 3.51. The fraction of sp³-hybridized carbons (Fsp3) is 0.333. The lowest BCUT2D eigenvalue weighted by molar-refractivity contribution is 0.181. The van der Waals surface area contributed by atoms with Crippen LogP contribution in [-0.4, -0.2) is 27.1 Å². The monoisotopic (exact) mass is 285 g/mol. The highest BCUT2D eigenvalue weighted by atomic mass is 16.5. The van der Waals surface area contributed by atoms with Crippen molar-refractivity contribution in [3.63, 3.8) is 0 Å². The Hall–Kier alpha value is -2.34. The Labute approximate surface area is 122 Å². The first-order chi connectivity index (χ1) is 10.3. The largest absolute Gasteiger partial charge is 0.383 e. The molecule has 110 valence electrons. The van der Waals surface area contributed by atoms with E-state index in [0.717, 1.165) is 36.1 Å². The van der Waals surface area contributed by atoms with Crippen LogP contribution in [-0.2, 0) is 24.3 Å². The smallest absolute Gasteiger partial charge is 0.182 e. The normalized spacial score (nSPS) is 11.3. The van der Waals surface area contributed by atoms with Crippen LogP contribution in [0.2, 0.25) is 0 Å². The molecule has 0 aliphatic heterocycles. The van der Waals surface area contributed by atoms with Crippen molar-refractivity contribution >= 4 is 16.9 Å². The molecular weight excluding hydrogens is 266 g/mol. The number of aromatic nitrogens is 4. The molecule has 0 saturated carbocycles. The van der Waals surface area contributed by atoms with Crippen molar-refractivity contribution < 1.29 is 4.74 Å². The molecule has 2 aromatic heterocycles. The number of H-pyrrole nitrogens is 1. The molecule has 0 fully saturated rings. The van der Waals surface area contributed by atoms with E-state index >= 15 is 0 Å². The van der Waals surface area contributed by atoms with Crippen LogP contribution >= 0.6 is 0 Å². The van der Waals surface area contributed by atoms with E-state index in [0.29, 0.717) is 12.4 Å². The Kier molecular flexibility index (Phi) is 3.87. The maximum atomic E-state index is 5.91. The summed E-state index contributed by atoms with van der Waals surface area (Å²) < 4.78 is 7.08. The van der Waals surface area contributed by atoms with Crippen LogP contribution in [0.3, 0.4) is 0 Å². The van der Waals surface area contributed by atoms with Crippen LogP contribution < -0.4 is 5.73 Å². The van der Waals surface area contributed by atoms with Crippen molar-refractivity contribution in [2.24, 2.45) is 0 Å². The van der Waals surface area contributed by atoms with Crippen molar-refractivity contribution in [3.05, 3.63) is 41.6 Å². The maximum Gasteiger partial charge on any atom is 0.182 e. The Morgan fingerprint density at radius 1 is 1.29 bits per heavy atom. The molecular formula is C15H19N5O. The van der Waals surface area contributed by atoms with Crippen LogP contribution in [0.25, 0.3) is 11.0 Å². The van der Waals surface area contributed by atoms with Crippen molar-refractivity contribution in [2.45, 2.75) is 26.0 Å². The average Bonchev–Trinajstić information content (AvgIpc) is 3.03. The lowest BCUT2D eigenvalue weighted by Gasteiger charge is -2.02. The molecule has 6 nitrogen and oxygen atoms in total. The van der Waals surface area contributed by atoms with Gasteiger partial charge in [0, 0.05) is 13.7 Å². The second-order valence-corrected chi connectivity index (χ2v) is 5.03. The number of nitrogen functional groups attached to an aromatic ring is 1. The molecule has 0 unspecified atom stereocenters. The predicted octanol–water partition coefficient (Wildman–Crippen LogP) is 2.12. The van der Waals surface area contributed by atoms with Gasteiger partial charge in [-0.05, 0) is 18.4 Å². The summed E-state index contributed by atoms with van der Waals surface area (Å²) in [5.74, 6) is 0.548. The number of methoxy groups -OCH3 is 1. The molecule has 1 aromatic carbocycles. The Morgan fingerprint density at radius 2 is 2.10 bits per heavy atom. The third-order valence-corrected chi connectivity index (χ3v) is 3.51. The molecule has 6 heteroatoms. The number of benzene rings is 1. The van der Waals surface area contributed by atoms with Gasteiger partial charge in [-0.2, -0.15) is 10.2 Å². The Morgan fingerprint density at radius 3 is 2.86 bits per heavy atom. The Bertz CT molecular complexity index is 716. The molecule has 0 aliphatic carbocycles. The van der Waals surface area contributed by atoms with Crippen LogP contribution in [0.5, 0.6) is 0 Å². The number of ether oxygens (including phenoxy) is 1. The molecule has 0 atom stereocenters. The summed E-state index contributed by atoms with van der Waals surface area (Å²) in [4.78, 5) is 0. The SMILES string of the molecule is COCc1nn(CCCc2ccccc2)c2n[nH]c(N)c12. The summed E-state index contributed by atoms with van der Waals surface area (Å²) in [5.41, 5.74) is 8.88. The second-order valence-electron chi connectivity index (χ2n) is 5.03. The number of nitrogens with two attached hydrogens (primary N) is 1. The molecule has 0 amide bonds. The predicted molar refractivity (Wildman–Crippen MR) is 81.8 cm³/mol. The summed E-state index contributed by atoms with van der Waals surface area (Å²) >= 11 is 0. The molecule has 0 bridgehead atoms.